The van der Waals surface area contributed by atoms with E-state index in [-0.39, 0.29) is 23.6 Å². The Bertz CT molecular complexity index is 479. The lowest BCUT2D eigenvalue weighted by Crippen LogP contribution is -2.28. The van der Waals surface area contributed by atoms with Crippen molar-refractivity contribution in [3.8, 4) is 0 Å². The van der Waals surface area contributed by atoms with Gasteiger partial charge in [-0.15, -0.1) is 0 Å². The Morgan fingerprint density at radius 1 is 1.55 bits per heavy atom. The van der Waals surface area contributed by atoms with Gasteiger partial charge in [0.1, 0.15) is 17.6 Å². The van der Waals surface area contributed by atoms with Crippen LogP contribution in [0.15, 0.2) is 12.3 Å². The first-order valence-electron chi connectivity index (χ1n) is 6.32. The zero-order chi connectivity index (χ0) is 15.0. The van der Waals surface area contributed by atoms with Crippen LogP contribution in [0.25, 0.3) is 0 Å². The van der Waals surface area contributed by atoms with Gasteiger partial charge in [0.05, 0.1) is 11.5 Å². The van der Waals surface area contributed by atoms with Gasteiger partial charge in [0.2, 0.25) is 0 Å². The molecule has 0 spiro atoms. The van der Waals surface area contributed by atoms with Crippen molar-refractivity contribution < 1.29 is 14.5 Å². The van der Waals surface area contributed by atoms with Crippen molar-refractivity contribution in [1.82, 2.24) is 10.3 Å². The Morgan fingerprint density at radius 3 is 2.95 bits per heavy atom. The number of carbonyl (C=O) groups excluding carboxylic acids is 1. The summed E-state index contributed by atoms with van der Waals surface area (Å²) in [6.07, 6.45) is 2.97. The normalized spacial score (nSPS) is 10.2. The Hall–Kier alpha value is -2.22. The van der Waals surface area contributed by atoms with Crippen molar-refractivity contribution in [1.29, 1.82) is 0 Å². The molecule has 20 heavy (non-hydrogen) atoms. The molecule has 0 aromatic carbocycles. The van der Waals surface area contributed by atoms with E-state index in [1.165, 1.54) is 6.07 Å². The molecule has 1 heterocycles. The summed E-state index contributed by atoms with van der Waals surface area (Å²) in [6.45, 7) is 3.33. The highest BCUT2D eigenvalue weighted by molar-refractivity contribution is 5.98. The van der Waals surface area contributed by atoms with Crippen LogP contribution in [0.2, 0.25) is 0 Å². The van der Waals surface area contributed by atoms with Gasteiger partial charge in [-0.2, -0.15) is 0 Å². The van der Waals surface area contributed by atoms with Crippen molar-refractivity contribution >= 4 is 17.4 Å². The van der Waals surface area contributed by atoms with E-state index in [2.05, 4.69) is 17.2 Å². The fourth-order valence-corrected chi connectivity index (χ4v) is 1.47. The SMILES string of the molecule is CCCCOCCNC(=O)c1cc(N)ncc1[N+](=O)[O-]. The van der Waals surface area contributed by atoms with Crippen LogP contribution < -0.4 is 11.1 Å². The summed E-state index contributed by atoms with van der Waals surface area (Å²) in [6, 6.07) is 1.19. The standard InChI is InChI=1S/C12H18N4O4/c1-2-3-5-20-6-4-14-12(17)9-7-11(13)15-8-10(9)16(18)19/h7-8H,2-6H2,1H3,(H2,13,15)(H,14,17). The molecule has 110 valence electrons. The lowest BCUT2D eigenvalue weighted by molar-refractivity contribution is -0.385. The molecule has 0 aliphatic heterocycles. The van der Waals surface area contributed by atoms with E-state index in [1.54, 1.807) is 0 Å². The van der Waals surface area contributed by atoms with Gasteiger partial charge in [0.15, 0.2) is 0 Å². The number of carbonyl (C=O) groups is 1. The molecule has 0 unspecified atom stereocenters. The first-order chi connectivity index (χ1) is 9.56. The Labute approximate surface area is 116 Å². The lowest BCUT2D eigenvalue weighted by Gasteiger charge is -2.07. The molecule has 8 heteroatoms. The summed E-state index contributed by atoms with van der Waals surface area (Å²) < 4.78 is 5.28. The molecule has 0 bridgehead atoms. The molecule has 0 fully saturated rings. The maximum Gasteiger partial charge on any atom is 0.300 e. The molecule has 0 aliphatic carbocycles. The molecular formula is C12H18N4O4. The quantitative estimate of drug-likeness (QED) is 0.418. The predicted octanol–water partition coefficient (Wildman–Crippen LogP) is 1.12. The van der Waals surface area contributed by atoms with E-state index < -0.39 is 10.8 Å². The molecular weight excluding hydrogens is 264 g/mol. The summed E-state index contributed by atoms with van der Waals surface area (Å²) in [5.74, 6) is -0.509. The average molecular weight is 282 g/mol. The van der Waals surface area contributed by atoms with E-state index in [0.29, 0.717) is 13.2 Å². The Balaban J connectivity index is 2.54. The van der Waals surface area contributed by atoms with Crippen molar-refractivity contribution in [3.63, 3.8) is 0 Å². The van der Waals surface area contributed by atoms with E-state index in [4.69, 9.17) is 10.5 Å². The molecule has 1 amide bonds. The highest BCUT2D eigenvalue weighted by Gasteiger charge is 2.20. The highest BCUT2D eigenvalue weighted by atomic mass is 16.6. The van der Waals surface area contributed by atoms with Crippen molar-refractivity contribution in [2.24, 2.45) is 0 Å². The van der Waals surface area contributed by atoms with Crippen LogP contribution in [0.3, 0.4) is 0 Å². The van der Waals surface area contributed by atoms with E-state index >= 15 is 0 Å². The molecule has 0 aliphatic rings. The lowest BCUT2D eigenvalue weighted by atomic mass is 10.2. The number of aromatic nitrogens is 1. The third-order valence-corrected chi connectivity index (χ3v) is 2.52. The molecule has 0 atom stereocenters. The second kappa shape index (κ2) is 8.05. The summed E-state index contributed by atoms with van der Waals surface area (Å²) in [5, 5.41) is 13.4. The third kappa shape index (κ3) is 4.81. The first-order valence-corrected chi connectivity index (χ1v) is 6.32. The number of anilines is 1. The highest BCUT2D eigenvalue weighted by Crippen LogP contribution is 2.18. The van der Waals surface area contributed by atoms with E-state index in [1.807, 2.05) is 0 Å². The van der Waals surface area contributed by atoms with Crippen LogP contribution in [0, 0.1) is 10.1 Å². The number of nitrogens with two attached hydrogens (primary N) is 1. The molecule has 1 rings (SSSR count). The van der Waals surface area contributed by atoms with Crippen LogP contribution in [0.4, 0.5) is 11.5 Å². The summed E-state index contributed by atoms with van der Waals surface area (Å²) in [7, 11) is 0. The zero-order valence-electron chi connectivity index (χ0n) is 11.3. The Kier molecular flexibility index (Phi) is 6.38. The molecule has 0 radical (unpaired) electrons. The maximum absolute atomic E-state index is 11.9. The number of rotatable bonds is 8. The third-order valence-electron chi connectivity index (χ3n) is 2.52. The number of nitrogens with zero attached hydrogens (tertiary/aromatic N) is 2. The van der Waals surface area contributed by atoms with Gasteiger partial charge in [-0.25, -0.2) is 4.98 Å². The van der Waals surface area contributed by atoms with Crippen molar-refractivity contribution in [2.45, 2.75) is 19.8 Å². The van der Waals surface area contributed by atoms with Crippen LogP contribution in [-0.4, -0.2) is 35.6 Å². The summed E-state index contributed by atoms with van der Waals surface area (Å²) in [4.78, 5) is 25.6. The van der Waals surface area contributed by atoms with Gasteiger partial charge in [-0.05, 0) is 12.5 Å². The second-order valence-electron chi connectivity index (χ2n) is 4.11. The molecule has 8 nitrogen and oxygen atoms in total. The number of ether oxygens (including phenoxy) is 1. The van der Waals surface area contributed by atoms with Crippen LogP contribution >= 0.6 is 0 Å². The zero-order valence-corrected chi connectivity index (χ0v) is 11.3. The van der Waals surface area contributed by atoms with Crippen molar-refractivity contribution in [2.75, 3.05) is 25.5 Å². The van der Waals surface area contributed by atoms with Gasteiger partial charge in [-0.1, -0.05) is 13.3 Å². The number of unbranched alkanes of at least 4 members (excludes halogenated alkanes) is 1. The van der Waals surface area contributed by atoms with Crippen LogP contribution in [-0.2, 0) is 4.74 Å². The monoisotopic (exact) mass is 282 g/mol. The van der Waals surface area contributed by atoms with Gasteiger partial charge in [-0.3, -0.25) is 14.9 Å². The molecule has 3 N–H and O–H groups in total. The molecule has 0 saturated heterocycles. The second-order valence-corrected chi connectivity index (χ2v) is 4.11. The molecule has 0 saturated carbocycles. The van der Waals surface area contributed by atoms with Gasteiger partial charge in [0, 0.05) is 13.2 Å². The van der Waals surface area contributed by atoms with Crippen LogP contribution in [0.1, 0.15) is 30.1 Å². The number of nitrogens with one attached hydrogen (secondary N) is 1. The topological polar surface area (TPSA) is 120 Å². The summed E-state index contributed by atoms with van der Waals surface area (Å²) in [5.41, 5.74) is 4.96. The van der Waals surface area contributed by atoms with Gasteiger partial charge < -0.3 is 15.8 Å². The maximum atomic E-state index is 11.9. The number of nitro groups is 1. The van der Waals surface area contributed by atoms with Gasteiger partial charge >= 0.3 is 0 Å². The van der Waals surface area contributed by atoms with E-state index in [9.17, 15) is 14.9 Å². The smallest absolute Gasteiger partial charge is 0.300 e. The number of amides is 1. The number of hydrogen-bond donors (Lipinski definition) is 2. The molecule has 1 aromatic rings. The Morgan fingerprint density at radius 2 is 2.30 bits per heavy atom. The number of hydrogen-bond acceptors (Lipinski definition) is 6. The van der Waals surface area contributed by atoms with Crippen LogP contribution in [0.5, 0.6) is 0 Å². The summed E-state index contributed by atoms with van der Waals surface area (Å²) >= 11 is 0. The minimum absolute atomic E-state index is 0.0555. The fraction of sp³-hybridized carbons (Fsp3) is 0.500. The van der Waals surface area contributed by atoms with E-state index in [0.717, 1.165) is 19.0 Å². The number of pyridine rings is 1. The van der Waals surface area contributed by atoms with Gasteiger partial charge in [0.25, 0.3) is 11.6 Å². The minimum atomic E-state index is -0.668. The molecule has 1 aromatic heterocycles. The largest absolute Gasteiger partial charge is 0.384 e. The average Bonchev–Trinajstić information content (AvgIpc) is 2.42. The fourth-order valence-electron chi connectivity index (χ4n) is 1.47. The first kappa shape index (κ1) is 15.8. The predicted molar refractivity (Wildman–Crippen MR) is 73.4 cm³/mol. The van der Waals surface area contributed by atoms with Crippen molar-refractivity contribution in [3.05, 3.63) is 27.9 Å². The number of nitrogen functional groups attached to an aromatic ring is 1. The minimum Gasteiger partial charge on any atom is -0.384 e.